The van der Waals surface area contributed by atoms with Gasteiger partial charge in [-0.25, -0.2) is 4.52 Å². The number of fused-ring (bicyclic) bond motifs is 1. The van der Waals surface area contributed by atoms with E-state index in [1.54, 1.807) is 25.1 Å². The van der Waals surface area contributed by atoms with E-state index >= 15 is 0 Å². The first-order valence-electron chi connectivity index (χ1n) is 10.5. The summed E-state index contributed by atoms with van der Waals surface area (Å²) in [5.74, 6) is 2.18. The van der Waals surface area contributed by atoms with Crippen molar-refractivity contribution in [3.63, 3.8) is 0 Å². The predicted molar refractivity (Wildman–Crippen MR) is 131 cm³/mol. The Balaban J connectivity index is 0. The fourth-order valence-corrected chi connectivity index (χ4v) is 2.72. The monoisotopic (exact) mass is 742 g/mol. The van der Waals surface area contributed by atoms with Crippen LogP contribution in [0, 0.1) is 44.5 Å². The molecule has 0 saturated carbocycles. The maximum absolute atomic E-state index is 11.2. The molecule has 1 aliphatic rings. The van der Waals surface area contributed by atoms with E-state index in [0.29, 0.717) is 35.4 Å². The van der Waals surface area contributed by atoms with E-state index in [4.69, 9.17) is 20.9 Å². The Hall–Kier alpha value is -1.95. The van der Waals surface area contributed by atoms with E-state index in [2.05, 4.69) is 22.0 Å². The van der Waals surface area contributed by atoms with Crippen LogP contribution in [0.25, 0.3) is 17.1 Å². The van der Waals surface area contributed by atoms with Gasteiger partial charge >= 0.3 is 18.6 Å². The van der Waals surface area contributed by atoms with Crippen molar-refractivity contribution in [3.05, 3.63) is 79.5 Å². The molecule has 35 heavy (non-hydrogen) atoms. The molecular weight excluding hydrogens is 709 g/mol. The van der Waals surface area contributed by atoms with Crippen LogP contribution in [-0.4, -0.2) is 40.1 Å². The fourth-order valence-electron chi connectivity index (χ4n) is 2.72. The Morgan fingerprint density at radius 2 is 1.97 bits per heavy atom. The maximum Gasteiger partial charge on any atom is 2.00 e. The molecule has 0 bridgehead atoms. The number of nitrogens with one attached hydrogen (secondary N) is 3. The molecule has 0 spiro atoms. The molecule has 4 rings (SSSR count). The number of ether oxygens (including phenoxy) is 2. The standard InChI is InChI=1S/C15H13N4O2.C6H11N2O.C2H6.CH3.U.V/c1-10(20)7-11-3-2-4-12(8-11)21-15-6-5-14-17-13(16)9-19(14)18-15;1-5(7)8-2-6-3-9-4-6;1-2;;;/h2-6,8-9,16H,7H2,1H3;6-8H,1-4H2;1-2H3;1H3;;/q2*-1;;-1;;+2. The average molecular weight is 743 g/mol. The third-order valence-electron chi connectivity index (χ3n) is 4.18. The summed E-state index contributed by atoms with van der Waals surface area (Å²) in [6.45, 7) is 11.5. The molecule has 0 aliphatic carbocycles. The van der Waals surface area contributed by atoms with Crippen molar-refractivity contribution in [2.75, 3.05) is 19.8 Å². The first kappa shape index (κ1) is 35.2. The van der Waals surface area contributed by atoms with E-state index in [1.165, 1.54) is 10.7 Å². The molecule has 1 aliphatic heterocycles. The fraction of sp³-hybridized carbons (Fsp3) is 0.333. The van der Waals surface area contributed by atoms with E-state index in [-0.39, 0.29) is 68.7 Å². The minimum Gasteiger partial charge on any atom is -0.483 e. The van der Waals surface area contributed by atoms with Crippen LogP contribution in [0.15, 0.2) is 55.0 Å². The van der Waals surface area contributed by atoms with Crippen molar-refractivity contribution in [1.82, 2.24) is 19.9 Å². The second-order valence-corrected chi connectivity index (χ2v) is 6.99. The second kappa shape index (κ2) is 18.3. The van der Waals surface area contributed by atoms with Crippen molar-refractivity contribution >= 4 is 17.2 Å². The van der Waals surface area contributed by atoms with Gasteiger partial charge in [0.05, 0.1) is 18.9 Å². The second-order valence-electron chi connectivity index (χ2n) is 6.99. The molecule has 3 heterocycles. The maximum atomic E-state index is 11.2. The third kappa shape index (κ3) is 12.5. The van der Waals surface area contributed by atoms with Gasteiger partial charge < -0.3 is 38.7 Å². The predicted octanol–water partition coefficient (Wildman–Crippen LogP) is 5.56. The van der Waals surface area contributed by atoms with Crippen LogP contribution in [0.4, 0.5) is 5.82 Å². The molecule has 1 fully saturated rings. The number of hydrogen-bond acceptors (Lipinski definition) is 6. The van der Waals surface area contributed by atoms with Crippen molar-refractivity contribution < 1.29 is 63.9 Å². The third-order valence-corrected chi connectivity index (χ3v) is 4.18. The van der Waals surface area contributed by atoms with E-state index in [9.17, 15) is 4.79 Å². The first-order chi connectivity index (χ1) is 15.4. The van der Waals surface area contributed by atoms with Crippen LogP contribution < -0.4 is 10.1 Å². The number of aromatic nitrogens is 3. The molecule has 9 nitrogen and oxygen atoms in total. The summed E-state index contributed by atoms with van der Waals surface area (Å²) in [5.41, 5.74) is 15.9. The summed E-state index contributed by atoms with van der Waals surface area (Å²) < 4.78 is 12.1. The molecule has 11 heteroatoms. The van der Waals surface area contributed by atoms with Gasteiger partial charge in [-0.05, 0) is 43.0 Å². The smallest absolute Gasteiger partial charge is 0.483 e. The van der Waals surface area contributed by atoms with Crippen LogP contribution in [0.1, 0.15) is 26.3 Å². The van der Waals surface area contributed by atoms with Gasteiger partial charge in [-0.3, -0.25) is 4.79 Å². The van der Waals surface area contributed by atoms with Crippen molar-refractivity contribution in [3.8, 4) is 11.6 Å². The SMILES string of the molecule is C=C([NH-])NCC1COC1.CC.CC(=O)Cc1cccc(Oc2ccc3nc([NH-])cn3n2)c1.[CH3-].[U].[V+2]. The van der Waals surface area contributed by atoms with Crippen LogP contribution in [0.5, 0.6) is 11.6 Å². The largest absolute Gasteiger partial charge is 2.00 e. The normalized spacial score (nSPS) is 11.4. The number of nitrogens with zero attached hydrogens (tertiary/aromatic N) is 3. The average Bonchev–Trinajstić information content (AvgIpc) is 3.08. The number of hydrogen-bond donors (Lipinski definition) is 1. The van der Waals surface area contributed by atoms with Crippen LogP contribution in [0.2, 0.25) is 0 Å². The van der Waals surface area contributed by atoms with Gasteiger partial charge in [-0.15, -0.1) is 11.7 Å². The molecule has 0 amide bonds. The quantitative estimate of drug-likeness (QED) is 0.317. The summed E-state index contributed by atoms with van der Waals surface area (Å²) in [6.07, 6.45) is 1.89. The number of Topliss-reactive ketones (excluding diaryl/α,β-unsaturated/α-hetero) is 1. The molecule has 1 radical (unpaired) electrons. The zero-order chi connectivity index (χ0) is 23.5. The van der Waals surface area contributed by atoms with Crippen molar-refractivity contribution in [2.24, 2.45) is 5.92 Å². The summed E-state index contributed by atoms with van der Waals surface area (Å²) in [5, 5.41) is 7.07. The topological polar surface area (TPSA) is 125 Å². The van der Waals surface area contributed by atoms with Gasteiger partial charge in [0.2, 0.25) is 5.88 Å². The van der Waals surface area contributed by atoms with Crippen molar-refractivity contribution in [2.45, 2.75) is 27.2 Å². The van der Waals surface area contributed by atoms with Gasteiger partial charge in [-0.2, -0.15) is 0 Å². The Morgan fingerprint density at radius 1 is 1.29 bits per heavy atom. The zero-order valence-corrected chi connectivity index (χ0v) is 26.2. The molecule has 0 atom stereocenters. The molecular formula is C24H33N6O3UV-. The summed E-state index contributed by atoms with van der Waals surface area (Å²) in [7, 11) is 0. The van der Waals surface area contributed by atoms with Crippen LogP contribution in [-0.2, 0) is 34.5 Å². The van der Waals surface area contributed by atoms with E-state index < -0.39 is 0 Å². The molecule has 2 aromatic heterocycles. The molecule has 0 unspecified atom stereocenters. The van der Waals surface area contributed by atoms with Gasteiger partial charge in [-0.1, -0.05) is 31.8 Å². The van der Waals surface area contributed by atoms with Crippen LogP contribution >= 0.6 is 0 Å². The zero-order valence-electron chi connectivity index (χ0n) is 20.7. The Morgan fingerprint density at radius 3 is 2.54 bits per heavy atom. The number of ketones is 1. The van der Waals surface area contributed by atoms with Crippen molar-refractivity contribution in [1.29, 1.82) is 0 Å². The summed E-state index contributed by atoms with van der Waals surface area (Å²) in [6, 6.07) is 10.8. The Bertz CT molecular complexity index is 1040. The Kier molecular flexibility index (Phi) is 18.4. The number of rotatable bonds is 7. The minimum atomic E-state index is 0. The molecule has 3 N–H and O–H groups in total. The number of imidazole rings is 1. The van der Waals surface area contributed by atoms with E-state index in [1.807, 2.05) is 32.0 Å². The minimum absolute atomic E-state index is 0. The van der Waals surface area contributed by atoms with E-state index in [0.717, 1.165) is 25.3 Å². The summed E-state index contributed by atoms with van der Waals surface area (Å²) >= 11 is 0. The van der Waals surface area contributed by atoms with Gasteiger partial charge in [0.25, 0.3) is 0 Å². The number of carbonyl (C=O) groups is 1. The Labute approximate surface area is 243 Å². The van der Waals surface area contributed by atoms with Gasteiger partial charge in [0, 0.05) is 55.7 Å². The molecule has 1 saturated heterocycles. The van der Waals surface area contributed by atoms with Crippen LogP contribution in [0.3, 0.4) is 0 Å². The molecule has 3 aromatic rings. The summed E-state index contributed by atoms with van der Waals surface area (Å²) in [4.78, 5) is 15.1. The first-order valence-corrected chi connectivity index (χ1v) is 10.5. The van der Waals surface area contributed by atoms with Gasteiger partial charge in [0.15, 0.2) is 0 Å². The van der Waals surface area contributed by atoms with Gasteiger partial charge in [0.1, 0.15) is 11.5 Å². The number of carbonyl (C=O) groups excluding carboxylic acids is 1. The number of benzene rings is 1. The molecule has 187 valence electrons. The molecule has 1 aromatic carbocycles.